The van der Waals surface area contributed by atoms with Crippen molar-refractivity contribution in [1.29, 1.82) is 0 Å². The Kier molecular flexibility index (Phi) is 4.61. The second kappa shape index (κ2) is 6.44. The normalized spacial score (nSPS) is 25.8. The van der Waals surface area contributed by atoms with Crippen LogP contribution in [0.5, 0.6) is 0 Å². The van der Waals surface area contributed by atoms with Crippen LogP contribution in [0.2, 0.25) is 5.02 Å². The van der Waals surface area contributed by atoms with Crippen molar-refractivity contribution in [1.82, 2.24) is 5.32 Å². The van der Waals surface area contributed by atoms with Crippen LogP contribution in [-0.4, -0.2) is 31.5 Å². The highest BCUT2D eigenvalue weighted by Gasteiger charge is 2.38. The molecule has 2 heterocycles. The van der Waals surface area contributed by atoms with Gasteiger partial charge in [0, 0.05) is 37.4 Å². The number of hydrogen-bond acceptors (Lipinski definition) is 3. The molecule has 0 amide bonds. The second-order valence-corrected chi connectivity index (χ2v) is 6.28. The van der Waals surface area contributed by atoms with E-state index in [-0.39, 0.29) is 5.60 Å². The maximum Gasteiger partial charge on any atom is 0.0741 e. The van der Waals surface area contributed by atoms with Crippen molar-refractivity contribution in [2.75, 3.05) is 19.8 Å². The molecule has 4 heteroatoms. The zero-order valence-electron chi connectivity index (χ0n) is 11.7. The van der Waals surface area contributed by atoms with E-state index >= 15 is 0 Å². The average molecular weight is 296 g/mol. The van der Waals surface area contributed by atoms with Gasteiger partial charge in [0.15, 0.2) is 0 Å². The Morgan fingerprint density at radius 3 is 2.65 bits per heavy atom. The number of halogens is 1. The van der Waals surface area contributed by atoms with Gasteiger partial charge < -0.3 is 14.8 Å². The van der Waals surface area contributed by atoms with E-state index < -0.39 is 0 Å². The molecule has 0 bridgehead atoms. The molecule has 110 valence electrons. The summed E-state index contributed by atoms with van der Waals surface area (Å²) in [5, 5.41) is 4.46. The van der Waals surface area contributed by atoms with Crippen LogP contribution in [0.1, 0.15) is 31.2 Å². The van der Waals surface area contributed by atoms with Crippen LogP contribution in [-0.2, 0) is 16.0 Å². The molecule has 1 aromatic rings. The Balaban J connectivity index is 1.53. The summed E-state index contributed by atoms with van der Waals surface area (Å²) in [7, 11) is 0. The summed E-state index contributed by atoms with van der Waals surface area (Å²) in [5.74, 6) is 0. The van der Waals surface area contributed by atoms with E-state index in [1.54, 1.807) is 0 Å². The highest BCUT2D eigenvalue weighted by molar-refractivity contribution is 6.30. The molecule has 1 atom stereocenters. The number of ether oxygens (including phenoxy) is 2. The van der Waals surface area contributed by atoms with Crippen molar-refractivity contribution < 1.29 is 9.47 Å². The molecule has 0 radical (unpaired) electrons. The lowest BCUT2D eigenvalue weighted by molar-refractivity contribution is -0.140. The maximum absolute atomic E-state index is 6.07. The van der Waals surface area contributed by atoms with Crippen molar-refractivity contribution in [3.05, 3.63) is 34.9 Å². The number of rotatable bonds is 3. The molecule has 1 N–H and O–H groups in total. The fraction of sp³-hybridized carbons (Fsp3) is 0.625. The van der Waals surface area contributed by atoms with Crippen molar-refractivity contribution >= 4 is 11.6 Å². The van der Waals surface area contributed by atoms with Crippen molar-refractivity contribution in [3.63, 3.8) is 0 Å². The first kappa shape index (κ1) is 14.3. The topological polar surface area (TPSA) is 30.5 Å². The van der Waals surface area contributed by atoms with Crippen molar-refractivity contribution in [3.8, 4) is 0 Å². The van der Waals surface area contributed by atoms with Gasteiger partial charge in [-0.15, -0.1) is 0 Å². The highest BCUT2D eigenvalue weighted by Crippen LogP contribution is 2.34. The van der Waals surface area contributed by atoms with E-state index in [9.17, 15) is 0 Å². The molecule has 2 fully saturated rings. The van der Waals surface area contributed by atoms with Gasteiger partial charge in [-0.1, -0.05) is 23.7 Å². The van der Waals surface area contributed by atoms with Gasteiger partial charge in [0.25, 0.3) is 0 Å². The minimum atomic E-state index is 0.0637. The van der Waals surface area contributed by atoms with Gasteiger partial charge >= 0.3 is 0 Å². The first-order valence-corrected chi connectivity index (χ1v) is 7.83. The lowest BCUT2D eigenvalue weighted by atomic mass is 9.84. The molecule has 0 aliphatic carbocycles. The summed E-state index contributed by atoms with van der Waals surface area (Å²) in [6.07, 6.45) is 4.26. The van der Waals surface area contributed by atoms with Crippen LogP contribution >= 0.6 is 11.6 Å². The standard InChI is InChI=1S/C16H22ClNO2/c17-14-3-1-13(2-4-14)12-18-15-5-8-20-16(11-15)6-9-19-10-7-16/h1-4,15,18H,5-12H2. The van der Waals surface area contributed by atoms with Crippen molar-refractivity contribution in [2.45, 2.75) is 43.9 Å². The quantitative estimate of drug-likeness (QED) is 0.929. The van der Waals surface area contributed by atoms with Crippen LogP contribution in [0.25, 0.3) is 0 Å². The lowest BCUT2D eigenvalue weighted by Gasteiger charge is -2.43. The van der Waals surface area contributed by atoms with E-state index in [1.165, 1.54) is 5.56 Å². The van der Waals surface area contributed by atoms with Gasteiger partial charge in [-0.25, -0.2) is 0 Å². The Bertz CT molecular complexity index is 423. The first-order valence-electron chi connectivity index (χ1n) is 7.45. The van der Waals surface area contributed by atoms with E-state index in [1.807, 2.05) is 12.1 Å². The number of nitrogens with one attached hydrogen (secondary N) is 1. The van der Waals surface area contributed by atoms with Gasteiger partial charge in [-0.3, -0.25) is 0 Å². The molecule has 3 rings (SSSR count). The predicted octanol–water partition coefficient (Wildman–Crippen LogP) is 3.16. The summed E-state index contributed by atoms with van der Waals surface area (Å²) in [6, 6.07) is 8.60. The second-order valence-electron chi connectivity index (χ2n) is 5.84. The third-order valence-corrected chi connectivity index (χ3v) is 4.66. The fourth-order valence-electron chi connectivity index (χ4n) is 3.16. The van der Waals surface area contributed by atoms with Crippen LogP contribution in [0, 0.1) is 0 Å². The smallest absolute Gasteiger partial charge is 0.0741 e. The van der Waals surface area contributed by atoms with E-state index in [0.717, 1.165) is 57.1 Å². The van der Waals surface area contributed by atoms with Gasteiger partial charge in [0.2, 0.25) is 0 Å². The molecular weight excluding hydrogens is 274 g/mol. The lowest BCUT2D eigenvalue weighted by Crippen LogP contribution is -2.49. The molecule has 2 saturated heterocycles. The van der Waals surface area contributed by atoms with Crippen molar-refractivity contribution in [2.24, 2.45) is 0 Å². The zero-order chi connectivity index (χ0) is 13.8. The largest absolute Gasteiger partial charge is 0.381 e. The average Bonchev–Trinajstić information content (AvgIpc) is 2.48. The third kappa shape index (κ3) is 3.53. The number of hydrogen-bond donors (Lipinski definition) is 1. The van der Waals surface area contributed by atoms with E-state index in [2.05, 4.69) is 17.4 Å². The Morgan fingerprint density at radius 1 is 1.15 bits per heavy atom. The molecule has 2 aliphatic heterocycles. The van der Waals surface area contributed by atoms with Crippen LogP contribution in [0.3, 0.4) is 0 Å². The molecule has 20 heavy (non-hydrogen) atoms. The maximum atomic E-state index is 6.07. The molecule has 1 aromatic carbocycles. The Labute approximate surface area is 125 Å². The molecular formula is C16H22ClNO2. The van der Waals surface area contributed by atoms with Crippen LogP contribution in [0.15, 0.2) is 24.3 Å². The van der Waals surface area contributed by atoms with Gasteiger partial charge in [-0.2, -0.15) is 0 Å². The summed E-state index contributed by atoms with van der Waals surface area (Å²) >= 11 is 5.91. The Hall–Kier alpha value is -0.610. The minimum absolute atomic E-state index is 0.0637. The van der Waals surface area contributed by atoms with Gasteiger partial charge in [0.1, 0.15) is 0 Å². The minimum Gasteiger partial charge on any atom is -0.381 e. The summed E-state index contributed by atoms with van der Waals surface area (Å²) in [5.41, 5.74) is 1.34. The SMILES string of the molecule is Clc1ccc(CNC2CCOC3(CCOCC3)C2)cc1. The molecule has 0 aromatic heterocycles. The number of benzene rings is 1. The van der Waals surface area contributed by atoms with E-state index in [4.69, 9.17) is 21.1 Å². The molecule has 0 saturated carbocycles. The predicted molar refractivity (Wildman–Crippen MR) is 80.0 cm³/mol. The summed E-state index contributed by atoms with van der Waals surface area (Å²) in [4.78, 5) is 0. The third-order valence-electron chi connectivity index (χ3n) is 4.41. The van der Waals surface area contributed by atoms with Crippen LogP contribution < -0.4 is 5.32 Å². The van der Waals surface area contributed by atoms with E-state index in [0.29, 0.717) is 6.04 Å². The first-order chi connectivity index (χ1) is 9.76. The molecule has 1 unspecified atom stereocenters. The molecule has 1 spiro atoms. The van der Waals surface area contributed by atoms with Crippen LogP contribution in [0.4, 0.5) is 0 Å². The highest BCUT2D eigenvalue weighted by atomic mass is 35.5. The fourth-order valence-corrected chi connectivity index (χ4v) is 3.28. The molecule has 3 nitrogen and oxygen atoms in total. The summed E-state index contributed by atoms with van der Waals surface area (Å²) in [6.45, 7) is 3.43. The Morgan fingerprint density at radius 2 is 1.90 bits per heavy atom. The molecule has 2 aliphatic rings. The monoisotopic (exact) mass is 295 g/mol. The van der Waals surface area contributed by atoms with Gasteiger partial charge in [-0.05, 0) is 43.4 Å². The zero-order valence-corrected chi connectivity index (χ0v) is 12.5. The summed E-state index contributed by atoms with van der Waals surface area (Å²) < 4.78 is 11.5. The van der Waals surface area contributed by atoms with Gasteiger partial charge in [0.05, 0.1) is 5.60 Å².